The summed E-state index contributed by atoms with van der Waals surface area (Å²) < 4.78 is 39.1. The molecular weight excluding hydrogens is 432 g/mol. The maximum absolute atomic E-state index is 12.8. The summed E-state index contributed by atoms with van der Waals surface area (Å²) in [6.45, 7) is 3.41. The average Bonchev–Trinajstić information content (AvgIpc) is 3.44. The lowest BCUT2D eigenvalue weighted by molar-refractivity contribution is -0.119. The van der Waals surface area contributed by atoms with Gasteiger partial charge in [0.1, 0.15) is 12.4 Å². The molecule has 0 spiro atoms. The molecule has 32 heavy (non-hydrogen) atoms. The van der Waals surface area contributed by atoms with Gasteiger partial charge in [0.15, 0.2) is 11.5 Å². The second-order valence-electron chi connectivity index (χ2n) is 7.19. The van der Waals surface area contributed by atoms with Gasteiger partial charge in [-0.3, -0.25) is 9.10 Å². The predicted octanol–water partition coefficient (Wildman–Crippen LogP) is 2.38. The fourth-order valence-corrected chi connectivity index (χ4v) is 4.51. The fourth-order valence-electron chi connectivity index (χ4n) is 3.45. The summed E-state index contributed by atoms with van der Waals surface area (Å²) in [5, 5.41) is 2.83. The number of aryl methyl sites for hydroxylation is 1. The van der Waals surface area contributed by atoms with Gasteiger partial charge < -0.3 is 19.4 Å². The van der Waals surface area contributed by atoms with Crippen molar-refractivity contribution in [2.75, 3.05) is 23.4 Å². The number of para-hydroxylation sites is 1. The van der Waals surface area contributed by atoms with Crippen molar-refractivity contribution in [2.45, 2.75) is 20.4 Å². The molecule has 1 amide bonds. The monoisotopic (exact) mass is 456 g/mol. The predicted molar refractivity (Wildman–Crippen MR) is 120 cm³/mol. The molecule has 2 heterocycles. The highest BCUT2D eigenvalue weighted by atomic mass is 32.2. The standard InChI is InChI=1S/C22H24N4O5S/c1-3-32(28,29)26(18-8-9-20-21(12-18)31-15-30-20)14-22(27)24-13-17-6-4-5-7-19(17)25-11-10-23-16(25)2/h4-12H,3,13-15H2,1-2H3,(H,24,27). The molecule has 9 nitrogen and oxygen atoms in total. The van der Waals surface area contributed by atoms with E-state index >= 15 is 0 Å². The van der Waals surface area contributed by atoms with Crippen LogP contribution in [0.15, 0.2) is 54.9 Å². The average molecular weight is 457 g/mol. The lowest BCUT2D eigenvalue weighted by atomic mass is 10.1. The Morgan fingerprint density at radius 1 is 1.19 bits per heavy atom. The van der Waals surface area contributed by atoms with Gasteiger partial charge in [0.25, 0.3) is 0 Å². The topological polar surface area (TPSA) is 103 Å². The van der Waals surface area contributed by atoms with Crippen molar-refractivity contribution in [1.29, 1.82) is 0 Å². The van der Waals surface area contributed by atoms with E-state index < -0.39 is 15.9 Å². The van der Waals surface area contributed by atoms with Gasteiger partial charge >= 0.3 is 0 Å². The molecule has 1 aliphatic rings. The third kappa shape index (κ3) is 4.40. The maximum atomic E-state index is 12.8. The molecule has 3 aromatic rings. The van der Waals surface area contributed by atoms with E-state index in [0.29, 0.717) is 17.2 Å². The van der Waals surface area contributed by atoms with Crippen LogP contribution in [-0.4, -0.2) is 43.0 Å². The molecule has 0 saturated heterocycles. The van der Waals surface area contributed by atoms with Crippen molar-refractivity contribution < 1.29 is 22.7 Å². The maximum Gasteiger partial charge on any atom is 0.241 e. The van der Waals surface area contributed by atoms with E-state index in [9.17, 15) is 13.2 Å². The number of carbonyl (C=O) groups excluding carboxylic acids is 1. The van der Waals surface area contributed by atoms with E-state index in [0.717, 1.165) is 21.4 Å². The zero-order valence-electron chi connectivity index (χ0n) is 17.8. The first-order chi connectivity index (χ1) is 15.4. The molecule has 168 valence electrons. The summed E-state index contributed by atoms with van der Waals surface area (Å²) in [6, 6.07) is 12.5. The second kappa shape index (κ2) is 8.91. The number of fused-ring (bicyclic) bond motifs is 1. The minimum Gasteiger partial charge on any atom is -0.454 e. The highest BCUT2D eigenvalue weighted by Gasteiger charge is 2.26. The van der Waals surface area contributed by atoms with E-state index in [1.807, 2.05) is 42.0 Å². The fraction of sp³-hybridized carbons (Fsp3) is 0.273. The van der Waals surface area contributed by atoms with Crippen LogP contribution < -0.4 is 19.1 Å². The van der Waals surface area contributed by atoms with Crippen LogP contribution in [0.1, 0.15) is 18.3 Å². The van der Waals surface area contributed by atoms with E-state index in [1.165, 1.54) is 6.92 Å². The Balaban J connectivity index is 1.51. The zero-order valence-corrected chi connectivity index (χ0v) is 18.6. The van der Waals surface area contributed by atoms with Crippen molar-refractivity contribution in [3.63, 3.8) is 0 Å². The smallest absolute Gasteiger partial charge is 0.241 e. The Bertz CT molecular complexity index is 1240. The van der Waals surface area contributed by atoms with Crippen LogP contribution >= 0.6 is 0 Å². The quantitative estimate of drug-likeness (QED) is 0.558. The highest BCUT2D eigenvalue weighted by molar-refractivity contribution is 7.92. The van der Waals surface area contributed by atoms with Crippen LogP contribution in [0, 0.1) is 6.92 Å². The summed E-state index contributed by atoms with van der Waals surface area (Å²) in [5.41, 5.74) is 2.13. The summed E-state index contributed by atoms with van der Waals surface area (Å²) in [5.74, 6) is 1.25. The summed E-state index contributed by atoms with van der Waals surface area (Å²) in [6.07, 6.45) is 3.56. The number of amides is 1. The number of nitrogens with one attached hydrogen (secondary N) is 1. The van der Waals surface area contributed by atoms with E-state index in [1.54, 1.807) is 24.4 Å². The van der Waals surface area contributed by atoms with Gasteiger partial charge in [0, 0.05) is 25.0 Å². The van der Waals surface area contributed by atoms with Gasteiger partial charge in [-0.15, -0.1) is 0 Å². The van der Waals surface area contributed by atoms with Crippen LogP contribution in [0.4, 0.5) is 5.69 Å². The highest BCUT2D eigenvalue weighted by Crippen LogP contribution is 2.36. The Labute approximate surface area is 186 Å². The van der Waals surface area contributed by atoms with E-state index in [-0.39, 0.29) is 25.6 Å². The van der Waals surface area contributed by atoms with Crippen LogP contribution in [0.3, 0.4) is 0 Å². The number of anilines is 1. The molecule has 0 saturated carbocycles. The van der Waals surface area contributed by atoms with Crippen molar-refractivity contribution in [1.82, 2.24) is 14.9 Å². The normalized spacial score (nSPS) is 12.6. The first-order valence-corrected chi connectivity index (χ1v) is 11.7. The molecular formula is C22H24N4O5S. The summed E-state index contributed by atoms with van der Waals surface area (Å²) in [4.78, 5) is 17.0. The molecule has 0 aliphatic carbocycles. The SMILES string of the molecule is CCS(=O)(=O)N(CC(=O)NCc1ccccc1-n1ccnc1C)c1ccc2c(c1)OCO2. The number of sulfonamides is 1. The Morgan fingerprint density at radius 3 is 2.72 bits per heavy atom. The molecule has 2 aromatic carbocycles. The van der Waals surface area contributed by atoms with Crippen molar-refractivity contribution in [2.24, 2.45) is 0 Å². The molecule has 0 unspecified atom stereocenters. The molecule has 0 radical (unpaired) electrons. The number of hydrogen-bond acceptors (Lipinski definition) is 6. The molecule has 4 rings (SSSR count). The molecule has 0 fully saturated rings. The van der Waals surface area contributed by atoms with Gasteiger partial charge in [-0.1, -0.05) is 18.2 Å². The van der Waals surface area contributed by atoms with Crippen molar-refractivity contribution >= 4 is 21.6 Å². The molecule has 1 aromatic heterocycles. The number of aromatic nitrogens is 2. The lowest BCUT2D eigenvalue weighted by Gasteiger charge is -2.23. The number of imidazole rings is 1. The number of nitrogens with zero attached hydrogens (tertiary/aromatic N) is 3. The third-order valence-electron chi connectivity index (χ3n) is 5.18. The van der Waals surface area contributed by atoms with Gasteiger partial charge in [-0.2, -0.15) is 0 Å². The van der Waals surface area contributed by atoms with Gasteiger partial charge in [0.2, 0.25) is 22.7 Å². The first kappa shape index (κ1) is 21.7. The Kier molecular flexibility index (Phi) is 6.04. The number of rotatable bonds is 8. The molecule has 1 aliphatic heterocycles. The van der Waals surface area contributed by atoms with Gasteiger partial charge in [0.05, 0.1) is 17.1 Å². The van der Waals surface area contributed by atoms with Crippen LogP contribution in [0.5, 0.6) is 11.5 Å². The third-order valence-corrected chi connectivity index (χ3v) is 6.93. The van der Waals surface area contributed by atoms with Crippen LogP contribution in [0.2, 0.25) is 0 Å². The van der Waals surface area contributed by atoms with Crippen molar-refractivity contribution in [3.05, 3.63) is 66.2 Å². The minimum atomic E-state index is -3.69. The minimum absolute atomic E-state index is 0.0790. The van der Waals surface area contributed by atoms with Gasteiger partial charge in [-0.05, 0) is 37.6 Å². The second-order valence-corrected chi connectivity index (χ2v) is 9.38. The lowest BCUT2D eigenvalue weighted by Crippen LogP contribution is -2.41. The number of ether oxygens (including phenoxy) is 2. The first-order valence-electron chi connectivity index (χ1n) is 10.1. The Hall–Kier alpha value is -3.53. The molecule has 0 bridgehead atoms. The summed E-state index contributed by atoms with van der Waals surface area (Å²) >= 11 is 0. The largest absolute Gasteiger partial charge is 0.454 e. The number of carbonyl (C=O) groups is 1. The van der Waals surface area contributed by atoms with Gasteiger partial charge in [-0.25, -0.2) is 13.4 Å². The Morgan fingerprint density at radius 2 is 1.97 bits per heavy atom. The molecule has 1 N–H and O–H groups in total. The van der Waals surface area contributed by atoms with E-state index in [2.05, 4.69) is 10.3 Å². The van der Waals surface area contributed by atoms with E-state index in [4.69, 9.17) is 9.47 Å². The van der Waals surface area contributed by atoms with Crippen molar-refractivity contribution in [3.8, 4) is 17.2 Å². The number of benzene rings is 2. The van der Waals surface area contributed by atoms with Crippen LogP contribution in [-0.2, 0) is 21.4 Å². The summed E-state index contributed by atoms with van der Waals surface area (Å²) in [7, 11) is -3.69. The zero-order chi connectivity index (χ0) is 22.7. The number of hydrogen-bond donors (Lipinski definition) is 1. The molecule has 0 atom stereocenters. The molecule has 10 heteroatoms. The van der Waals surface area contributed by atoms with Crippen LogP contribution in [0.25, 0.3) is 5.69 Å².